The number of imidazole rings is 1. The van der Waals surface area contributed by atoms with Crippen molar-refractivity contribution in [2.45, 2.75) is 31.9 Å². The van der Waals surface area contributed by atoms with E-state index >= 15 is 0 Å². The van der Waals surface area contributed by atoms with Gasteiger partial charge in [-0.3, -0.25) is 0 Å². The Hall–Kier alpha value is -1.89. The predicted octanol–water partition coefficient (Wildman–Crippen LogP) is 1.37. The van der Waals surface area contributed by atoms with Gasteiger partial charge in [-0.2, -0.15) is 9.97 Å². The standard InChI is InChI=1S/C12H18N6O/c1-7(8-4-3-5-19-8)16-11-9-10(15-6-14-9)17-12(13-2)18-11/h6-8H,3-5H2,1-2H3,(H3,13,14,15,16,17,18). The van der Waals surface area contributed by atoms with Crippen LogP contribution in [0.2, 0.25) is 0 Å². The first-order valence-corrected chi connectivity index (χ1v) is 6.55. The molecule has 1 aliphatic rings. The minimum atomic E-state index is 0.202. The van der Waals surface area contributed by atoms with Gasteiger partial charge in [0.1, 0.15) is 5.52 Å². The van der Waals surface area contributed by atoms with Crippen LogP contribution in [0.1, 0.15) is 19.8 Å². The fraction of sp³-hybridized carbons (Fsp3) is 0.583. The predicted molar refractivity (Wildman–Crippen MR) is 73.3 cm³/mol. The van der Waals surface area contributed by atoms with E-state index < -0.39 is 0 Å². The van der Waals surface area contributed by atoms with Crippen LogP contribution in [-0.2, 0) is 4.74 Å². The highest BCUT2D eigenvalue weighted by Crippen LogP contribution is 2.22. The van der Waals surface area contributed by atoms with Gasteiger partial charge >= 0.3 is 0 Å². The molecule has 0 amide bonds. The number of fused-ring (bicyclic) bond motifs is 1. The number of hydrogen-bond acceptors (Lipinski definition) is 6. The molecule has 0 radical (unpaired) electrons. The Morgan fingerprint density at radius 1 is 1.47 bits per heavy atom. The summed E-state index contributed by atoms with van der Waals surface area (Å²) in [6, 6.07) is 0.202. The summed E-state index contributed by atoms with van der Waals surface area (Å²) in [6.07, 6.45) is 4.08. The minimum absolute atomic E-state index is 0.202. The van der Waals surface area contributed by atoms with E-state index in [9.17, 15) is 0 Å². The summed E-state index contributed by atoms with van der Waals surface area (Å²) < 4.78 is 5.69. The van der Waals surface area contributed by atoms with Crippen molar-refractivity contribution >= 4 is 22.9 Å². The summed E-state index contributed by atoms with van der Waals surface area (Å²) in [6.45, 7) is 2.96. The van der Waals surface area contributed by atoms with Gasteiger partial charge < -0.3 is 20.4 Å². The summed E-state index contributed by atoms with van der Waals surface area (Å²) in [5.74, 6) is 1.32. The molecule has 0 bridgehead atoms. The molecule has 0 aromatic carbocycles. The molecule has 2 aromatic heterocycles. The lowest BCUT2D eigenvalue weighted by atomic mass is 10.1. The van der Waals surface area contributed by atoms with E-state index in [4.69, 9.17) is 4.74 Å². The zero-order valence-corrected chi connectivity index (χ0v) is 11.1. The molecule has 19 heavy (non-hydrogen) atoms. The molecular formula is C12H18N6O. The van der Waals surface area contributed by atoms with Gasteiger partial charge in [0, 0.05) is 13.7 Å². The Labute approximate surface area is 111 Å². The van der Waals surface area contributed by atoms with Gasteiger partial charge in [-0.1, -0.05) is 0 Å². The molecule has 2 unspecified atom stereocenters. The van der Waals surface area contributed by atoms with E-state index in [-0.39, 0.29) is 12.1 Å². The van der Waals surface area contributed by atoms with Crippen LogP contribution in [-0.4, -0.2) is 45.7 Å². The lowest BCUT2D eigenvalue weighted by molar-refractivity contribution is 0.0996. The number of aromatic amines is 1. The molecule has 2 atom stereocenters. The number of nitrogens with zero attached hydrogens (tertiary/aromatic N) is 3. The van der Waals surface area contributed by atoms with Gasteiger partial charge in [-0.15, -0.1) is 0 Å². The fourth-order valence-electron chi connectivity index (χ4n) is 2.35. The molecule has 3 N–H and O–H groups in total. The third-order valence-electron chi connectivity index (χ3n) is 3.40. The summed E-state index contributed by atoms with van der Waals surface area (Å²) in [5.41, 5.74) is 1.48. The molecule has 102 valence electrons. The molecule has 0 aliphatic carbocycles. The first-order chi connectivity index (χ1) is 9.28. The molecule has 3 rings (SSSR count). The number of nitrogens with one attached hydrogen (secondary N) is 3. The highest BCUT2D eigenvalue weighted by molar-refractivity contribution is 5.83. The quantitative estimate of drug-likeness (QED) is 0.771. The van der Waals surface area contributed by atoms with Crippen molar-refractivity contribution in [2.75, 3.05) is 24.3 Å². The van der Waals surface area contributed by atoms with E-state index in [2.05, 4.69) is 37.5 Å². The van der Waals surface area contributed by atoms with E-state index in [0.717, 1.165) is 30.8 Å². The zero-order valence-electron chi connectivity index (χ0n) is 11.1. The molecule has 7 nitrogen and oxygen atoms in total. The SMILES string of the molecule is CNc1nc(NC(C)C2CCCO2)c2[nH]cnc2n1. The second kappa shape index (κ2) is 5.00. The largest absolute Gasteiger partial charge is 0.376 e. The topological polar surface area (TPSA) is 87.8 Å². The van der Waals surface area contributed by atoms with Crippen molar-refractivity contribution in [3.8, 4) is 0 Å². The van der Waals surface area contributed by atoms with Crippen molar-refractivity contribution in [1.82, 2.24) is 19.9 Å². The number of hydrogen-bond donors (Lipinski definition) is 3. The van der Waals surface area contributed by atoms with Crippen LogP contribution in [0.5, 0.6) is 0 Å². The molecule has 2 aromatic rings. The first kappa shape index (κ1) is 12.2. The van der Waals surface area contributed by atoms with Crippen molar-refractivity contribution < 1.29 is 4.74 Å². The van der Waals surface area contributed by atoms with E-state index in [0.29, 0.717) is 11.6 Å². The molecular weight excluding hydrogens is 244 g/mol. The summed E-state index contributed by atoms with van der Waals surface area (Å²) in [5, 5.41) is 6.35. The monoisotopic (exact) mass is 262 g/mol. The van der Waals surface area contributed by atoms with Crippen LogP contribution in [0, 0.1) is 0 Å². The Kier molecular flexibility index (Phi) is 3.20. The number of anilines is 2. The van der Waals surface area contributed by atoms with Gasteiger partial charge in [-0.25, -0.2) is 4.98 Å². The third kappa shape index (κ3) is 2.33. The number of H-pyrrole nitrogens is 1. The van der Waals surface area contributed by atoms with Crippen LogP contribution in [0.25, 0.3) is 11.2 Å². The van der Waals surface area contributed by atoms with Crippen LogP contribution in [0.3, 0.4) is 0 Å². The average molecular weight is 262 g/mol. The van der Waals surface area contributed by atoms with Crippen LogP contribution >= 0.6 is 0 Å². The van der Waals surface area contributed by atoms with Crippen molar-refractivity contribution in [3.63, 3.8) is 0 Å². The molecule has 3 heterocycles. The van der Waals surface area contributed by atoms with Crippen molar-refractivity contribution in [2.24, 2.45) is 0 Å². The minimum Gasteiger partial charge on any atom is -0.376 e. The molecule has 7 heteroatoms. The Balaban J connectivity index is 1.88. The maximum absolute atomic E-state index is 5.69. The molecule has 1 aliphatic heterocycles. The van der Waals surface area contributed by atoms with Crippen LogP contribution in [0.4, 0.5) is 11.8 Å². The van der Waals surface area contributed by atoms with Gasteiger partial charge in [-0.05, 0) is 19.8 Å². The van der Waals surface area contributed by atoms with Gasteiger partial charge in [0.25, 0.3) is 0 Å². The van der Waals surface area contributed by atoms with Gasteiger partial charge in [0.05, 0.1) is 18.5 Å². The lowest BCUT2D eigenvalue weighted by Crippen LogP contribution is -2.30. The highest BCUT2D eigenvalue weighted by atomic mass is 16.5. The van der Waals surface area contributed by atoms with Crippen LogP contribution < -0.4 is 10.6 Å². The normalized spacial score (nSPS) is 20.6. The number of rotatable bonds is 4. The highest BCUT2D eigenvalue weighted by Gasteiger charge is 2.23. The first-order valence-electron chi connectivity index (χ1n) is 6.55. The smallest absolute Gasteiger partial charge is 0.226 e. The Bertz CT molecular complexity index is 562. The molecule has 0 saturated carbocycles. The lowest BCUT2D eigenvalue weighted by Gasteiger charge is -2.20. The number of aromatic nitrogens is 4. The molecule has 1 saturated heterocycles. The maximum atomic E-state index is 5.69. The number of ether oxygens (including phenoxy) is 1. The Morgan fingerprint density at radius 2 is 2.37 bits per heavy atom. The van der Waals surface area contributed by atoms with Crippen LogP contribution in [0.15, 0.2) is 6.33 Å². The second-order valence-electron chi connectivity index (χ2n) is 4.73. The fourth-order valence-corrected chi connectivity index (χ4v) is 2.35. The molecule has 0 spiro atoms. The van der Waals surface area contributed by atoms with Crippen molar-refractivity contribution in [3.05, 3.63) is 6.33 Å². The summed E-state index contributed by atoms with van der Waals surface area (Å²) in [4.78, 5) is 16.0. The van der Waals surface area contributed by atoms with E-state index in [1.165, 1.54) is 0 Å². The molecule has 1 fully saturated rings. The second-order valence-corrected chi connectivity index (χ2v) is 4.73. The zero-order chi connectivity index (χ0) is 13.2. The third-order valence-corrected chi connectivity index (χ3v) is 3.40. The van der Waals surface area contributed by atoms with Crippen molar-refractivity contribution in [1.29, 1.82) is 0 Å². The summed E-state index contributed by atoms with van der Waals surface area (Å²) >= 11 is 0. The Morgan fingerprint density at radius 3 is 3.11 bits per heavy atom. The maximum Gasteiger partial charge on any atom is 0.226 e. The average Bonchev–Trinajstić information content (AvgIpc) is 3.09. The summed E-state index contributed by atoms with van der Waals surface area (Å²) in [7, 11) is 1.79. The van der Waals surface area contributed by atoms with E-state index in [1.54, 1.807) is 13.4 Å². The van der Waals surface area contributed by atoms with Gasteiger partial charge in [0.2, 0.25) is 5.95 Å². The van der Waals surface area contributed by atoms with Gasteiger partial charge in [0.15, 0.2) is 11.5 Å². The van der Waals surface area contributed by atoms with E-state index in [1.807, 2.05) is 0 Å².